The summed E-state index contributed by atoms with van der Waals surface area (Å²) in [6.07, 6.45) is 3.85. The van der Waals surface area contributed by atoms with E-state index in [0.29, 0.717) is 17.9 Å². The summed E-state index contributed by atoms with van der Waals surface area (Å²) in [7, 11) is 0. The fourth-order valence-electron chi connectivity index (χ4n) is 3.51. The van der Waals surface area contributed by atoms with Crippen molar-refractivity contribution in [1.29, 1.82) is 0 Å². The lowest BCUT2D eigenvalue weighted by Crippen LogP contribution is -2.30. The van der Waals surface area contributed by atoms with Crippen LogP contribution in [0.4, 0.5) is 0 Å². The van der Waals surface area contributed by atoms with Crippen LogP contribution in [0.1, 0.15) is 73.6 Å². The van der Waals surface area contributed by atoms with Gasteiger partial charge in [0.25, 0.3) is 0 Å². The monoisotopic (exact) mass is 312 g/mol. The molecule has 1 atom stereocenters. The van der Waals surface area contributed by atoms with Gasteiger partial charge in [0.05, 0.1) is 0 Å². The Hall–Kier alpha value is -1.32. The second-order valence-electron chi connectivity index (χ2n) is 7.04. The van der Waals surface area contributed by atoms with Gasteiger partial charge in [-0.2, -0.15) is 0 Å². The quantitative estimate of drug-likeness (QED) is 0.347. The Morgan fingerprint density at radius 1 is 0.955 bits per heavy atom. The van der Waals surface area contributed by atoms with Crippen molar-refractivity contribution in [1.82, 2.24) is 0 Å². The highest BCUT2D eigenvalue weighted by molar-refractivity contribution is 6.13. The van der Waals surface area contributed by atoms with E-state index in [1.165, 1.54) is 0 Å². The molecule has 0 aliphatic carbocycles. The maximum atomic E-state index is 11.6. The van der Waals surface area contributed by atoms with E-state index in [4.69, 9.17) is 0 Å². The van der Waals surface area contributed by atoms with Gasteiger partial charge in [-0.15, -0.1) is 0 Å². The van der Waals surface area contributed by atoms with Crippen LogP contribution in [0.2, 0.25) is 0 Å². The third kappa shape index (κ3) is 5.47. The van der Waals surface area contributed by atoms with E-state index in [1.54, 1.807) is 0 Å². The molecule has 0 aliphatic rings. The van der Waals surface area contributed by atoms with Gasteiger partial charge in [-0.3, -0.25) is 0 Å². The number of carboxylic acids is 2. The summed E-state index contributed by atoms with van der Waals surface area (Å²) in [4.78, 5) is 23.2. The molecule has 0 aromatic carbocycles. The van der Waals surface area contributed by atoms with Gasteiger partial charge in [0.15, 0.2) is 0 Å². The summed E-state index contributed by atoms with van der Waals surface area (Å²) in [5.74, 6) is -2.03. The normalized spacial score (nSPS) is 14.0. The molecule has 0 heterocycles. The first kappa shape index (κ1) is 20.7. The number of hydrogen-bond donors (Lipinski definition) is 2. The van der Waals surface area contributed by atoms with Crippen LogP contribution in [0.5, 0.6) is 0 Å². The predicted molar refractivity (Wildman–Crippen MR) is 88.8 cm³/mol. The largest absolute Gasteiger partial charge is 0.477 e. The van der Waals surface area contributed by atoms with Crippen LogP contribution in [-0.4, -0.2) is 22.2 Å². The zero-order valence-electron chi connectivity index (χ0n) is 14.9. The molecular formula is C18H32O4. The molecule has 0 bridgehead atoms. The Bertz CT molecular complexity index is 405. The van der Waals surface area contributed by atoms with E-state index >= 15 is 0 Å². The Balaban J connectivity index is 6.33. The Labute approximate surface area is 134 Å². The lowest BCUT2D eigenvalue weighted by molar-refractivity contribution is -0.140. The van der Waals surface area contributed by atoms with Crippen LogP contribution in [0.3, 0.4) is 0 Å². The van der Waals surface area contributed by atoms with Gasteiger partial charge in [0.1, 0.15) is 5.57 Å². The van der Waals surface area contributed by atoms with Crippen molar-refractivity contribution in [2.24, 2.45) is 17.3 Å². The lowest BCUT2D eigenvalue weighted by Gasteiger charge is -2.38. The van der Waals surface area contributed by atoms with Crippen LogP contribution in [-0.2, 0) is 9.59 Å². The molecular weight excluding hydrogens is 280 g/mol. The molecule has 4 nitrogen and oxygen atoms in total. The minimum atomic E-state index is -1.32. The maximum absolute atomic E-state index is 11.6. The second-order valence-corrected chi connectivity index (χ2v) is 7.04. The molecule has 128 valence electrons. The molecule has 0 spiro atoms. The van der Waals surface area contributed by atoms with E-state index in [0.717, 1.165) is 25.7 Å². The average Bonchev–Trinajstić information content (AvgIpc) is 2.35. The molecule has 2 N–H and O–H groups in total. The summed E-state index contributed by atoms with van der Waals surface area (Å²) in [5, 5.41) is 18.9. The van der Waals surface area contributed by atoms with Crippen molar-refractivity contribution >= 4 is 11.9 Å². The fraction of sp³-hybridized carbons (Fsp3) is 0.778. The second kappa shape index (κ2) is 8.96. The van der Waals surface area contributed by atoms with E-state index in [2.05, 4.69) is 20.8 Å². The summed E-state index contributed by atoms with van der Waals surface area (Å²) < 4.78 is 0. The first-order valence-corrected chi connectivity index (χ1v) is 8.31. The summed E-state index contributed by atoms with van der Waals surface area (Å²) in [5.41, 5.74) is -0.121. The van der Waals surface area contributed by atoms with Crippen molar-refractivity contribution < 1.29 is 19.8 Å². The number of carbonyl (C=O) groups is 2. The minimum absolute atomic E-state index is 0.221. The van der Waals surface area contributed by atoms with Gasteiger partial charge in [-0.05, 0) is 48.5 Å². The third-order valence-corrected chi connectivity index (χ3v) is 4.19. The zero-order valence-corrected chi connectivity index (χ0v) is 14.9. The van der Waals surface area contributed by atoms with Crippen molar-refractivity contribution in [3.8, 4) is 0 Å². The van der Waals surface area contributed by atoms with Gasteiger partial charge < -0.3 is 10.2 Å². The van der Waals surface area contributed by atoms with E-state index < -0.39 is 17.5 Å². The van der Waals surface area contributed by atoms with Gasteiger partial charge >= 0.3 is 11.9 Å². The van der Waals surface area contributed by atoms with Gasteiger partial charge in [0, 0.05) is 0 Å². The SMILES string of the molecule is CCCC(CC)(CC(C)C)C(CC(C)C)=C(C(=O)O)C(=O)O. The molecule has 0 aromatic rings. The van der Waals surface area contributed by atoms with Gasteiger partial charge in [0.2, 0.25) is 0 Å². The van der Waals surface area contributed by atoms with Crippen LogP contribution in [0.25, 0.3) is 0 Å². The van der Waals surface area contributed by atoms with Crippen molar-refractivity contribution in [2.45, 2.75) is 73.6 Å². The summed E-state index contributed by atoms with van der Waals surface area (Å²) >= 11 is 0. The van der Waals surface area contributed by atoms with Crippen LogP contribution >= 0.6 is 0 Å². The summed E-state index contributed by atoms with van der Waals surface area (Å²) in [6, 6.07) is 0. The van der Waals surface area contributed by atoms with E-state index in [9.17, 15) is 19.8 Å². The van der Waals surface area contributed by atoms with Gasteiger partial charge in [-0.25, -0.2) is 9.59 Å². The molecule has 0 saturated carbocycles. The molecule has 22 heavy (non-hydrogen) atoms. The van der Waals surface area contributed by atoms with Crippen LogP contribution < -0.4 is 0 Å². The molecule has 0 saturated heterocycles. The minimum Gasteiger partial charge on any atom is -0.477 e. The first-order valence-electron chi connectivity index (χ1n) is 8.31. The van der Waals surface area contributed by atoms with Gasteiger partial charge in [-0.1, -0.05) is 48.0 Å². The standard InChI is InChI=1S/C18H32O4/c1-7-9-18(8-2,11-13(5)6)14(10-12(3)4)15(16(19)20)17(21)22/h12-13H,7-11H2,1-6H3,(H,19,20)(H,21,22). The molecule has 4 heteroatoms. The third-order valence-electron chi connectivity index (χ3n) is 4.19. The van der Waals surface area contributed by atoms with E-state index in [1.807, 2.05) is 20.8 Å². The number of carboxylic acid groups (broad SMARTS) is 2. The van der Waals surface area contributed by atoms with Crippen molar-refractivity contribution in [2.75, 3.05) is 0 Å². The molecule has 1 unspecified atom stereocenters. The molecule has 0 fully saturated rings. The average molecular weight is 312 g/mol. The Morgan fingerprint density at radius 3 is 1.73 bits per heavy atom. The molecule has 0 aliphatic heterocycles. The number of aliphatic carboxylic acids is 2. The van der Waals surface area contributed by atoms with Crippen LogP contribution in [0, 0.1) is 17.3 Å². The van der Waals surface area contributed by atoms with Crippen molar-refractivity contribution in [3.63, 3.8) is 0 Å². The molecule has 0 rings (SSSR count). The summed E-state index contributed by atoms with van der Waals surface area (Å²) in [6.45, 7) is 12.3. The first-order chi connectivity index (χ1) is 10.1. The fourth-order valence-corrected chi connectivity index (χ4v) is 3.51. The highest BCUT2D eigenvalue weighted by atomic mass is 16.4. The highest BCUT2D eigenvalue weighted by Crippen LogP contribution is 2.46. The van der Waals surface area contributed by atoms with Crippen LogP contribution in [0.15, 0.2) is 11.1 Å². The zero-order chi connectivity index (χ0) is 17.5. The molecule has 0 amide bonds. The smallest absolute Gasteiger partial charge is 0.343 e. The highest BCUT2D eigenvalue weighted by Gasteiger charge is 2.38. The number of hydrogen-bond acceptors (Lipinski definition) is 2. The number of rotatable bonds is 10. The maximum Gasteiger partial charge on any atom is 0.343 e. The van der Waals surface area contributed by atoms with Crippen molar-refractivity contribution in [3.05, 3.63) is 11.1 Å². The number of allylic oxidation sites excluding steroid dienone is 1. The lowest BCUT2D eigenvalue weighted by atomic mass is 9.65. The topological polar surface area (TPSA) is 74.6 Å². The Kier molecular flexibility index (Phi) is 8.43. The van der Waals surface area contributed by atoms with E-state index in [-0.39, 0.29) is 11.3 Å². The molecule has 0 radical (unpaired) electrons. The molecule has 0 aromatic heterocycles. The Morgan fingerprint density at radius 2 is 1.45 bits per heavy atom. The predicted octanol–water partition coefficient (Wildman–Crippen LogP) is 4.74.